The molecule has 1 atom stereocenters. The number of hydrogen-bond acceptors (Lipinski definition) is 2. The third-order valence-corrected chi connectivity index (χ3v) is 8.28. The molecule has 1 heterocycles. The maximum atomic E-state index is 12.8. The molecule has 0 aliphatic heterocycles. The van der Waals surface area contributed by atoms with E-state index in [0.29, 0.717) is 11.7 Å². The lowest BCUT2D eigenvalue weighted by atomic mass is 9.62. The molecule has 0 radical (unpaired) electrons. The highest BCUT2D eigenvalue weighted by Gasteiger charge is 2.37. The molecule has 1 amide bonds. The average Bonchev–Trinajstić information content (AvgIpc) is 3.22. The van der Waals surface area contributed by atoms with Crippen LogP contribution in [0.2, 0.25) is 0 Å². The molecule has 1 unspecified atom stereocenters. The van der Waals surface area contributed by atoms with Crippen molar-refractivity contribution in [1.82, 2.24) is 5.32 Å². The van der Waals surface area contributed by atoms with Crippen LogP contribution < -0.4 is 5.32 Å². The lowest BCUT2D eigenvalue weighted by molar-refractivity contribution is 0.0889. The van der Waals surface area contributed by atoms with Crippen LogP contribution in [0.1, 0.15) is 118 Å². The van der Waals surface area contributed by atoms with Crippen molar-refractivity contribution in [2.24, 2.45) is 5.92 Å². The van der Waals surface area contributed by atoms with Crippen LogP contribution in [0.4, 0.5) is 0 Å². The molecule has 2 aliphatic rings. The third-order valence-electron chi connectivity index (χ3n) is 8.28. The van der Waals surface area contributed by atoms with Crippen LogP contribution in [-0.4, -0.2) is 11.9 Å². The molecule has 1 saturated carbocycles. The summed E-state index contributed by atoms with van der Waals surface area (Å²) in [7, 11) is 0. The Morgan fingerprint density at radius 3 is 2.31 bits per heavy atom. The highest BCUT2D eigenvalue weighted by atomic mass is 16.3. The van der Waals surface area contributed by atoms with Gasteiger partial charge < -0.3 is 9.73 Å². The van der Waals surface area contributed by atoms with Crippen molar-refractivity contribution in [3.8, 4) is 0 Å². The Morgan fingerprint density at radius 1 is 1.03 bits per heavy atom. The van der Waals surface area contributed by atoms with Gasteiger partial charge in [-0.05, 0) is 90.7 Å². The number of rotatable bonds is 5. The number of aryl methyl sites for hydroxylation is 1. The molecule has 2 aromatic rings. The fourth-order valence-electron chi connectivity index (χ4n) is 5.77. The number of benzene rings is 1. The summed E-state index contributed by atoms with van der Waals surface area (Å²) in [5.74, 6) is 1.79. The van der Waals surface area contributed by atoms with Gasteiger partial charge in [-0.2, -0.15) is 0 Å². The zero-order valence-electron chi connectivity index (χ0n) is 20.9. The number of carbonyl (C=O) groups excluding carboxylic acids is 1. The van der Waals surface area contributed by atoms with Gasteiger partial charge in [0.05, 0.1) is 0 Å². The molecule has 1 aromatic carbocycles. The van der Waals surface area contributed by atoms with Gasteiger partial charge in [0, 0.05) is 12.5 Å². The summed E-state index contributed by atoms with van der Waals surface area (Å²) in [6.07, 6.45) is 9.48. The Balaban J connectivity index is 1.49. The fraction of sp³-hybridized carbons (Fsp3) is 0.621. The van der Waals surface area contributed by atoms with Crippen molar-refractivity contribution in [1.29, 1.82) is 0 Å². The smallest absolute Gasteiger partial charge is 0.287 e. The Kier molecular flexibility index (Phi) is 6.31. The molecule has 2 aliphatic carbocycles. The highest BCUT2D eigenvalue weighted by molar-refractivity contribution is 5.91. The molecule has 1 fully saturated rings. The van der Waals surface area contributed by atoms with Gasteiger partial charge in [0.2, 0.25) is 0 Å². The predicted molar refractivity (Wildman–Crippen MR) is 131 cm³/mol. The number of nitrogens with one attached hydrogen (secondary N) is 1. The average molecular weight is 436 g/mol. The monoisotopic (exact) mass is 435 g/mol. The van der Waals surface area contributed by atoms with E-state index in [9.17, 15) is 4.79 Å². The van der Waals surface area contributed by atoms with Crippen LogP contribution in [0.5, 0.6) is 0 Å². The van der Waals surface area contributed by atoms with Crippen molar-refractivity contribution < 1.29 is 9.21 Å². The molecule has 3 heteroatoms. The maximum Gasteiger partial charge on any atom is 0.287 e. The molecular formula is C29H41NO2. The van der Waals surface area contributed by atoms with Crippen LogP contribution in [0, 0.1) is 12.8 Å². The zero-order valence-corrected chi connectivity index (χ0v) is 20.9. The number of amides is 1. The van der Waals surface area contributed by atoms with Crippen LogP contribution in [0.15, 0.2) is 28.7 Å². The second-order valence-electron chi connectivity index (χ2n) is 11.7. The molecule has 4 rings (SSSR count). The maximum absolute atomic E-state index is 12.8. The van der Waals surface area contributed by atoms with Crippen LogP contribution in [0.3, 0.4) is 0 Å². The van der Waals surface area contributed by atoms with E-state index in [0.717, 1.165) is 12.2 Å². The van der Waals surface area contributed by atoms with E-state index < -0.39 is 0 Å². The van der Waals surface area contributed by atoms with Gasteiger partial charge in [-0.25, -0.2) is 0 Å². The normalized spacial score (nSPS) is 21.1. The molecule has 3 nitrogen and oxygen atoms in total. The minimum Gasteiger partial charge on any atom is -0.456 e. The molecule has 0 bridgehead atoms. The fourth-order valence-corrected chi connectivity index (χ4v) is 5.77. The SMILES string of the molecule is Cc1cc2c(cc1Cc1ccc(C(=O)NC(C)C3CCCCC3)o1)C(C)(C)CCC2(C)C. The summed E-state index contributed by atoms with van der Waals surface area (Å²) in [4.78, 5) is 12.8. The molecule has 1 N–H and O–H groups in total. The second kappa shape index (κ2) is 8.72. The minimum absolute atomic E-state index is 0.0839. The van der Waals surface area contributed by atoms with Gasteiger partial charge in [-0.15, -0.1) is 0 Å². The minimum atomic E-state index is -0.0839. The van der Waals surface area contributed by atoms with Gasteiger partial charge in [-0.3, -0.25) is 4.79 Å². The number of hydrogen-bond donors (Lipinski definition) is 1. The first-order chi connectivity index (χ1) is 15.1. The summed E-state index contributed by atoms with van der Waals surface area (Å²) in [6.45, 7) is 13.8. The summed E-state index contributed by atoms with van der Waals surface area (Å²) in [6, 6.07) is 8.80. The molecular weight excluding hydrogens is 394 g/mol. The molecule has 174 valence electrons. The van der Waals surface area contributed by atoms with Crippen LogP contribution in [-0.2, 0) is 17.3 Å². The van der Waals surface area contributed by atoms with Gasteiger partial charge in [0.1, 0.15) is 5.76 Å². The van der Waals surface area contributed by atoms with E-state index in [1.165, 1.54) is 67.2 Å². The third kappa shape index (κ3) is 4.67. The summed E-state index contributed by atoms with van der Waals surface area (Å²) in [5, 5.41) is 3.18. The first-order valence-electron chi connectivity index (χ1n) is 12.6. The Labute approximate surface area is 194 Å². The highest BCUT2D eigenvalue weighted by Crippen LogP contribution is 2.46. The van der Waals surface area contributed by atoms with Gasteiger partial charge in [0.15, 0.2) is 5.76 Å². The summed E-state index contributed by atoms with van der Waals surface area (Å²) < 4.78 is 6.02. The van der Waals surface area contributed by atoms with E-state index >= 15 is 0 Å². The van der Waals surface area contributed by atoms with E-state index in [-0.39, 0.29) is 22.8 Å². The van der Waals surface area contributed by atoms with E-state index in [2.05, 4.69) is 59.0 Å². The quantitative estimate of drug-likeness (QED) is 0.538. The number of carbonyl (C=O) groups is 1. The molecule has 0 saturated heterocycles. The number of furan rings is 1. The van der Waals surface area contributed by atoms with Crippen molar-refractivity contribution in [2.45, 2.75) is 110 Å². The zero-order chi connectivity index (χ0) is 23.1. The van der Waals surface area contributed by atoms with Gasteiger partial charge in [-0.1, -0.05) is 59.1 Å². The van der Waals surface area contributed by atoms with E-state index in [1.807, 2.05) is 12.1 Å². The van der Waals surface area contributed by atoms with Gasteiger partial charge >= 0.3 is 0 Å². The Bertz CT molecular complexity index is 975. The largest absolute Gasteiger partial charge is 0.456 e. The lowest BCUT2D eigenvalue weighted by Crippen LogP contribution is -2.38. The molecule has 32 heavy (non-hydrogen) atoms. The van der Waals surface area contributed by atoms with Crippen LogP contribution >= 0.6 is 0 Å². The molecule has 1 aromatic heterocycles. The van der Waals surface area contributed by atoms with Crippen molar-refractivity contribution in [2.75, 3.05) is 0 Å². The Hall–Kier alpha value is -2.03. The second-order valence-corrected chi connectivity index (χ2v) is 11.7. The number of fused-ring (bicyclic) bond motifs is 1. The first kappa shape index (κ1) is 23.1. The standard InChI is InChI=1S/C29H41NO2/c1-19-16-24-25(29(5,6)15-14-28(24,3)4)18-22(19)17-23-12-13-26(32-23)27(31)30-20(2)21-10-8-7-9-11-21/h12-13,16,18,20-21H,7-11,14-15,17H2,1-6H3,(H,30,31). The van der Waals surface area contributed by atoms with E-state index in [4.69, 9.17) is 4.42 Å². The van der Waals surface area contributed by atoms with Gasteiger partial charge in [0.25, 0.3) is 5.91 Å². The summed E-state index contributed by atoms with van der Waals surface area (Å²) in [5.41, 5.74) is 5.98. The molecule has 0 spiro atoms. The topological polar surface area (TPSA) is 42.2 Å². The van der Waals surface area contributed by atoms with E-state index in [1.54, 1.807) is 0 Å². The Morgan fingerprint density at radius 2 is 1.66 bits per heavy atom. The van der Waals surface area contributed by atoms with Crippen molar-refractivity contribution in [3.63, 3.8) is 0 Å². The van der Waals surface area contributed by atoms with Crippen LogP contribution in [0.25, 0.3) is 0 Å². The summed E-state index contributed by atoms with van der Waals surface area (Å²) >= 11 is 0. The van der Waals surface area contributed by atoms with Crippen molar-refractivity contribution in [3.05, 3.63) is 58.0 Å². The van der Waals surface area contributed by atoms with Crippen molar-refractivity contribution >= 4 is 5.91 Å². The first-order valence-corrected chi connectivity index (χ1v) is 12.6. The predicted octanol–water partition coefficient (Wildman–Crippen LogP) is 7.23. The lowest BCUT2D eigenvalue weighted by Gasteiger charge is -2.42.